The lowest BCUT2D eigenvalue weighted by atomic mass is 10.1. The monoisotopic (exact) mass is 432 g/mol. The molecule has 1 aliphatic rings. The van der Waals surface area contributed by atoms with Crippen LogP contribution >= 0.6 is 0 Å². The van der Waals surface area contributed by atoms with Crippen molar-refractivity contribution < 1.29 is 27.9 Å². The molecule has 0 saturated carbocycles. The number of hydrogen-bond acceptors (Lipinski definition) is 6. The number of ether oxygens (including phenoxy) is 1. The number of rotatable bonds is 5. The third-order valence-corrected chi connectivity index (χ3v) is 7.11. The van der Waals surface area contributed by atoms with Crippen LogP contribution in [0.1, 0.15) is 45.5 Å². The number of phenols is 1. The van der Waals surface area contributed by atoms with Gasteiger partial charge in [0, 0.05) is 18.7 Å². The molecule has 160 valence electrons. The van der Waals surface area contributed by atoms with E-state index < -0.39 is 27.6 Å². The number of methoxy groups -OCH3 is 1. The number of hydrogen-bond donors (Lipinski definition) is 2. The number of aromatic hydroxyl groups is 1. The van der Waals surface area contributed by atoms with Gasteiger partial charge in [-0.3, -0.25) is 4.79 Å². The van der Waals surface area contributed by atoms with E-state index in [1.165, 1.54) is 41.7 Å². The fourth-order valence-electron chi connectivity index (χ4n) is 3.38. The predicted octanol–water partition coefficient (Wildman–Crippen LogP) is 2.91. The van der Waals surface area contributed by atoms with E-state index in [1.807, 2.05) is 0 Å². The number of sulfonamides is 1. The number of para-hydroxylation sites is 1. The lowest BCUT2D eigenvalue weighted by Crippen LogP contribution is -2.36. The highest BCUT2D eigenvalue weighted by Gasteiger charge is 2.28. The van der Waals surface area contributed by atoms with E-state index in [9.17, 15) is 23.1 Å². The zero-order valence-corrected chi connectivity index (χ0v) is 17.7. The number of nitrogens with zero attached hydrogens (tertiary/aromatic N) is 1. The Bertz CT molecular complexity index is 1070. The minimum absolute atomic E-state index is 0.0175. The molecule has 9 heteroatoms. The van der Waals surface area contributed by atoms with Crippen molar-refractivity contribution in [1.29, 1.82) is 0 Å². The molecule has 0 bridgehead atoms. The van der Waals surface area contributed by atoms with Gasteiger partial charge >= 0.3 is 5.97 Å². The van der Waals surface area contributed by atoms with Gasteiger partial charge in [-0.25, -0.2) is 13.2 Å². The zero-order chi connectivity index (χ0) is 21.9. The van der Waals surface area contributed by atoms with Gasteiger partial charge in [-0.1, -0.05) is 18.6 Å². The van der Waals surface area contributed by atoms with Crippen molar-refractivity contribution in [3.63, 3.8) is 0 Å². The summed E-state index contributed by atoms with van der Waals surface area (Å²) in [5, 5.41) is 12.8. The summed E-state index contributed by atoms with van der Waals surface area (Å²) in [6.45, 7) is 2.61. The number of nitrogens with one attached hydrogen (secondary N) is 1. The van der Waals surface area contributed by atoms with Crippen LogP contribution < -0.4 is 5.32 Å². The fourth-order valence-corrected chi connectivity index (χ4v) is 5.15. The second kappa shape index (κ2) is 8.85. The van der Waals surface area contributed by atoms with Crippen LogP contribution in [0.4, 0.5) is 5.69 Å². The van der Waals surface area contributed by atoms with Crippen molar-refractivity contribution in [2.75, 3.05) is 25.5 Å². The van der Waals surface area contributed by atoms with E-state index in [0.29, 0.717) is 18.7 Å². The first kappa shape index (κ1) is 21.8. The minimum atomic E-state index is -3.71. The van der Waals surface area contributed by atoms with Crippen LogP contribution in [-0.2, 0) is 14.8 Å². The molecule has 0 aliphatic carbocycles. The Kier molecular flexibility index (Phi) is 6.42. The molecule has 1 amide bonds. The maximum Gasteiger partial charge on any atom is 0.341 e. The highest BCUT2D eigenvalue weighted by molar-refractivity contribution is 7.89. The van der Waals surface area contributed by atoms with Crippen LogP contribution in [0.25, 0.3) is 0 Å². The molecule has 1 heterocycles. The number of carbonyl (C=O) groups is 2. The molecule has 1 fully saturated rings. The van der Waals surface area contributed by atoms with E-state index in [4.69, 9.17) is 0 Å². The summed E-state index contributed by atoms with van der Waals surface area (Å²) in [7, 11) is -2.52. The molecular weight excluding hydrogens is 408 g/mol. The van der Waals surface area contributed by atoms with Crippen molar-refractivity contribution >= 4 is 27.6 Å². The first-order valence-electron chi connectivity index (χ1n) is 9.58. The van der Waals surface area contributed by atoms with Crippen molar-refractivity contribution in [1.82, 2.24) is 4.31 Å². The Hall–Kier alpha value is -2.91. The normalized spacial score (nSPS) is 14.9. The Morgan fingerprint density at radius 3 is 2.47 bits per heavy atom. The van der Waals surface area contributed by atoms with Gasteiger partial charge < -0.3 is 15.2 Å². The first-order valence-corrected chi connectivity index (χ1v) is 11.0. The average Bonchev–Trinajstić information content (AvgIpc) is 2.75. The van der Waals surface area contributed by atoms with Gasteiger partial charge in [-0.15, -0.1) is 0 Å². The van der Waals surface area contributed by atoms with Crippen LogP contribution in [-0.4, -0.2) is 49.9 Å². The molecule has 8 nitrogen and oxygen atoms in total. The Labute approximate surface area is 175 Å². The first-order chi connectivity index (χ1) is 14.3. The van der Waals surface area contributed by atoms with Crippen molar-refractivity contribution in [2.45, 2.75) is 31.1 Å². The van der Waals surface area contributed by atoms with Gasteiger partial charge in [0.1, 0.15) is 5.56 Å². The zero-order valence-electron chi connectivity index (χ0n) is 16.8. The predicted molar refractivity (Wildman–Crippen MR) is 111 cm³/mol. The number of amides is 1. The van der Waals surface area contributed by atoms with Crippen LogP contribution in [0.15, 0.2) is 41.3 Å². The number of aryl methyl sites for hydroxylation is 1. The lowest BCUT2D eigenvalue weighted by Gasteiger charge is -2.26. The number of phenolic OH excluding ortho intramolecular Hbond substituents is 1. The molecule has 0 radical (unpaired) electrons. The van der Waals surface area contributed by atoms with Crippen LogP contribution in [0.5, 0.6) is 5.75 Å². The Morgan fingerprint density at radius 2 is 1.80 bits per heavy atom. The lowest BCUT2D eigenvalue weighted by molar-refractivity contribution is 0.0597. The van der Waals surface area contributed by atoms with Crippen molar-refractivity contribution in [3.8, 4) is 5.75 Å². The average molecular weight is 432 g/mol. The van der Waals surface area contributed by atoms with Gasteiger partial charge in [-0.2, -0.15) is 4.31 Å². The molecule has 2 aromatic rings. The third kappa shape index (κ3) is 4.31. The molecule has 30 heavy (non-hydrogen) atoms. The Morgan fingerprint density at radius 1 is 1.10 bits per heavy atom. The van der Waals surface area contributed by atoms with E-state index in [2.05, 4.69) is 10.1 Å². The molecule has 0 spiro atoms. The second-order valence-electron chi connectivity index (χ2n) is 7.09. The highest BCUT2D eigenvalue weighted by atomic mass is 32.2. The van der Waals surface area contributed by atoms with Gasteiger partial charge in [0.15, 0.2) is 5.75 Å². The second-order valence-corrected chi connectivity index (χ2v) is 9.00. The van der Waals surface area contributed by atoms with Gasteiger partial charge in [-0.05, 0) is 49.6 Å². The van der Waals surface area contributed by atoms with Crippen LogP contribution in [0.3, 0.4) is 0 Å². The molecule has 2 N–H and O–H groups in total. The summed E-state index contributed by atoms with van der Waals surface area (Å²) in [5.74, 6) is -1.78. The van der Waals surface area contributed by atoms with E-state index >= 15 is 0 Å². The highest BCUT2D eigenvalue weighted by Crippen LogP contribution is 2.29. The number of piperidine rings is 1. The summed E-state index contributed by atoms with van der Waals surface area (Å²) in [6.07, 6.45) is 2.63. The van der Waals surface area contributed by atoms with E-state index in [0.717, 1.165) is 19.3 Å². The number of benzene rings is 2. The van der Waals surface area contributed by atoms with Crippen molar-refractivity contribution in [2.24, 2.45) is 0 Å². The molecule has 0 aromatic heterocycles. The number of anilines is 1. The third-order valence-electron chi connectivity index (χ3n) is 5.07. The Balaban J connectivity index is 1.90. The molecule has 2 aromatic carbocycles. The van der Waals surface area contributed by atoms with Crippen LogP contribution in [0, 0.1) is 6.92 Å². The summed E-state index contributed by atoms with van der Waals surface area (Å²) < 4.78 is 32.2. The quantitative estimate of drug-likeness (QED) is 0.555. The molecule has 0 atom stereocenters. The standard InChI is InChI=1S/C21H24N2O6S/c1-14-9-10-15(13-18(14)30(27,28)23-11-4-3-5-12-23)20(25)22-17-8-6-7-16(19(17)24)21(26)29-2/h6-10,13,24H,3-5,11-12H2,1-2H3,(H,22,25). The van der Waals surface area contributed by atoms with E-state index in [1.54, 1.807) is 13.0 Å². The minimum Gasteiger partial charge on any atom is -0.505 e. The smallest absolute Gasteiger partial charge is 0.341 e. The number of carbonyl (C=O) groups excluding carboxylic acids is 2. The molecular formula is C21H24N2O6S. The molecule has 0 unspecified atom stereocenters. The van der Waals surface area contributed by atoms with Crippen LogP contribution in [0.2, 0.25) is 0 Å². The molecule has 1 aliphatic heterocycles. The van der Waals surface area contributed by atoms with Gasteiger partial charge in [0.05, 0.1) is 17.7 Å². The van der Waals surface area contributed by atoms with E-state index in [-0.39, 0.29) is 21.7 Å². The van der Waals surface area contributed by atoms with Crippen molar-refractivity contribution in [3.05, 3.63) is 53.1 Å². The molecule has 3 rings (SSSR count). The summed E-state index contributed by atoms with van der Waals surface area (Å²) in [4.78, 5) is 24.5. The number of esters is 1. The fraction of sp³-hybridized carbons (Fsp3) is 0.333. The topological polar surface area (TPSA) is 113 Å². The SMILES string of the molecule is COC(=O)c1cccc(NC(=O)c2ccc(C)c(S(=O)(=O)N3CCCCC3)c2)c1O. The largest absolute Gasteiger partial charge is 0.505 e. The maximum absolute atomic E-state index is 13.1. The van der Waals surface area contributed by atoms with Gasteiger partial charge in [0.25, 0.3) is 5.91 Å². The van der Waals surface area contributed by atoms with Gasteiger partial charge in [0.2, 0.25) is 10.0 Å². The maximum atomic E-state index is 13.1. The summed E-state index contributed by atoms with van der Waals surface area (Å²) >= 11 is 0. The molecule has 1 saturated heterocycles. The summed E-state index contributed by atoms with van der Waals surface area (Å²) in [5.41, 5.74) is 0.600. The summed E-state index contributed by atoms with van der Waals surface area (Å²) in [6, 6.07) is 8.72.